The molecule has 2 aliphatic heterocycles. The van der Waals surface area contributed by atoms with Crippen LogP contribution in [-0.2, 0) is 4.79 Å². The number of rotatable bonds is 0. The lowest BCUT2D eigenvalue weighted by Gasteiger charge is -2.00. The molecular weight excluding hydrogens is 168 g/mol. The SMILES string of the molecule is O=C1N=C(Cl)N=C2N=NC=C12. The highest BCUT2D eigenvalue weighted by Crippen LogP contribution is 2.16. The van der Waals surface area contributed by atoms with E-state index < -0.39 is 5.91 Å². The van der Waals surface area contributed by atoms with Gasteiger partial charge in [-0.25, -0.2) is 0 Å². The number of halogens is 1. The molecule has 0 unspecified atom stereocenters. The molecule has 2 heterocycles. The average Bonchev–Trinajstić information content (AvgIpc) is 2.34. The molecule has 0 radical (unpaired) electrons. The summed E-state index contributed by atoms with van der Waals surface area (Å²) in [6.45, 7) is 0. The van der Waals surface area contributed by atoms with Crippen LogP contribution < -0.4 is 0 Å². The predicted molar refractivity (Wildman–Crippen MR) is 38.7 cm³/mol. The van der Waals surface area contributed by atoms with Crippen LogP contribution in [0.4, 0.5) is 0 Å². The molecule has 5 nitrogen and oxygen atoms in total. The Hall–Kier alpha value is -1.36. The lowest BCUT2D eigenvalue weighted by atomic mass is 10.2. The van der Waals surface area contributed by atoms with Crippen LogP contribution >= 0.6 is 11.6 Å². The number of hydrogen-bond donors (Lipinski definition) is 0. The smallest absolute Gasteiger partial charge is 0.266 e. The molecule has 0 saturated heterocycles. The standard InChI is InChI=1S/C5HClN4O/c6-5-8-3-2(1-7-10-3)4(11)9-5/h1H. The second-order valence-electron chi connectivity index (χ2n) is 1.88. The van der Waals surface area contributed by atoms with Crippen LogP contribution in [0.15, 0.2) is 32.0 Å². The van der Waals surface area contributed by atoms with E-state index in [0.717, 1.165) is 0 Å². The van der Waals surface area contributed by atoms with E-state index in [-0.39, 0.29) is 11.1 Å². The van der Waals surface area contributed by atoms with E-state index in [2.05, 4.69) is 20.2 Å². The fourth-order valence-electron chi connectivity index (χ4n) is 0.743. The molecule has 0 N–H and O–H groups in total. The van der Waals surface area contributed by atoms with Crippen molar-refractivity contribution in [3.05, 3.63) is 11.8 Å². The summed E-state index contributed by atoms with van der Waals surface area (Å²) < 4.78 is 0. The highest BCUT2D eigenvalue weighted by molar-refractivity contribution is 6.67. The van der Waals surface area contributed by atoms with Gasteiger partial charge in [-0.05, 0) is 11.6 Å². The van der Waals surface area contributed by atoms with Gasteiger partial charge in [0.2, 0.25) is 5.29 Å². The average molecular weight is 169 g/mol. The molecule has 1 amide bonds. The lowest BCUT2D eigenvalue weighted by molar-refractivity contribution is -0.113. The molecule has 0 aliphatic carbocycles. The molecule has 0 atom stereocenters. The van der Waals surface area contributed by atoms with Crippen molar-refractivity contribution >= 4 is 28.6 Å². The van der Waals surface area contributed by atoms with Gasteiger partial charge >= 0.3 is 0 Å². The van der Waals surface area contributed by atoms with Crippen molar-refractivity contribution in [2.24, 2.45) is 20.2 Å². The third kappa shape index (κ3) is 0.894. The van der Waals surface area contributed by atoms with Crippen LogP contribution in [0.25, 0.3) is 0 Å². The number of carbonyl (C=O) groups excluding carboxylic acids is 1. The monoisotopic (exact) mass is 168 g/mol. The highest BCUT2D eigenvalue weighted by Gasteiger charge is 2.23. The van der Waals surface area contributed by atoms with E-state index in [4.69, 9.17) is 11.6 Å². The Morgan fingerprint density at radius 3 is 3.00 bits per heavy atom. The Bertz CT molecular complexity index is 351. The first-order valence-corrected chi connectivity index (χ1v) is 3.14. The van der Waals surface area contributed by atoms with E-state index >= 15 is 0 Å². The number of aliphatic imine (C=N–C) groups is 2. The number of azo groups is 1. The Labute approximate surface area is 66.2 Å². The first-order valence-electron chi connectivity index (χ1n) is 2.76. The third-order valence-electron chi connectivity index (χ3n) is 1.20. The van der Waals surface area contributed by atoms with Crippen LogP contribution in [0.3, 0.4) is 0 Å². The van der Waals surface area contributed by atoms with Gasteiger partial charge in [0, 0.05) is 0 Å². The van der Waals surface area contributed by atoms with Gasteiger partial charge in [0.15, 0.2) is 5.84 Å². The first kappa shape index (κ1) is 6.36. The van der Waals surface area contributed by atoms with Crippen molar-refractivity contribution < 1.29 is 4.79 Å². The molecule has 54 valence electrons. The van der Waals surface area contributed by atoms with Crippen molar-refractivity contribution in [3.63, 3.8) is 0 Å². The largest absolute Gasteiger partial charge is 0.285 e. The van der Waals surface area contributed by atoms with E-state index in [0.29, 0.717) is 5.57 Å². The minimum Gasteiger partial charge on any atom is -0.266 e. The summed E-state index contributed by atoms with van der Waals surface area (Å²) in [5.41, 5.74) is 0.300. The molecule has 0 bridgehead atoms. The maximum absolute atomic E-state index is 10.9. The minimum absolute atomic E-state index is 0.0944. The summed E-state index contributed by atoms with van der Waals surface area (Å²) in [5.74, 6) is -0.194. The van der Waals surface area contributed by atoms with Crippen molar-refractivity contribution in [1.29, 1.82) is 0 Å². The van der Waals surface area contributed by atoms with Gasteiger partial charge in [-0.3, -0.25) is 4.79 Å². The number of fused-ring (bicyclic) bond motifs is 1. The molecule has 2 rings (SSSR count). The summed E-state index contributed by atoms with van der Waals surface area (Å²) >= 11 is 5.39. The van der Waals surface area contributed by atoms with Gasteiger partial charge in [0.1, 0.15) is 5.57 Å². The Kier molecular flexibility index (Phi) is 1.19. The second kappa shape index (κ2) is 2.06. The first-order chi connectivity index (χ1) is 5.27. The maximum atomic E-state index is 10.9. The number of hydrogen-bond acceptors (Lipinski definition) is 4. The van der Waals surface area contributed by atoms with Gasteiger partial charge in [-0.2, -0.15) is 15.1 Å². The molecule has 0 fully saturated rings. The van der Waals surface area contributed by atoms with Gasteiger partial charge in [0.05, 0.1) is 6.20 Å². The molecule has 2 aliphatic rings. The topological polar surface area (TPSA) is 66.5 Å². The van der Waals surface area contributed by atoms with Gasteiger partial charge in [-0.15, -0.1) is 5.11 Å². The molecule has 6 heteroatoms. The van der Waals surface area contributed by atoms with E-state index in [1.54, 1.807) is 0 Å². The van der Waals surface area contributed by atoms with Crippen molar-refractivity contribution in [1.82, 2.24) is 0 Å². The maximum Gasteiger partial charge on any atom is 0.285 e. The van der Waals surface area contributed by atoms with Crippen molar-refractivity contribution in [2.75, 3.05) is 0 Å². The van der Waals surface area contributed by atoms with E-state index in [9.17, 15) is 4.79 Å². The van der Waals surface area contributed by atoms with Gasteiger partial charge < -0.3 is 0 Å². The second-order valence-corrected chi connectivity index (χ2v) is 2.22. The fraction of sp³-hybridized carbons (Fsp3) is 0. The molecule has 11 heavy (non-hydrogen) atoms. The molecule has 0 aromatic rings. The van der Waals surface area contributed by atoms with Crippen LogP contribution in [0.1, 0.15) is 0 Å². The summed E-state index contributed by atoms with van der Waals surface area (Å²) in [5, 5.41) is 6.95. The number of amides is 1. The van der Waals surface area contributed by atoms with E-state index in [1.807, 2.05) is 0 Å². The zero-order valence-electron chi connectivity index (χ0n) is 5.15. The predicted octanol–water partition coefficient (Wildman–Crippen LogP) is 0.870. The molecular formula is C5HClN4O. The number of amidine groups is 2. The van der Waals surface area contributed by atoms with Gasteiger partial charge in [0.25, 0.3) is 5.91 Å². The fourth-order valence-corrected chi connectivity index (χ4v) is 0.900. The van der Waals surface area contributed by atoms with Crippen molar-refractivity contribution in [3.8, 4) is 0 Å². The zero-order chi connectivity index (χ0) is 7.84. The van der Waals surface area contributed by atoms with Crippen molar-refractivity contribution in [2.45, 2.75) is 0 Å². The highest BCUT2D eigenvalue weighted by atomic mass is 35.5. The summed E-state index contributed by atoms with van der Waals surface area (Å²) in [6.07, 6.45) is 1.31. The van der Waals surface area contributed by atoms with Crippen LogP contribution in [0, 0.1) is 0 Å². The van der Waals surface area contributed by atoms with Crippen LogP contribution in [-0.4, -0.2) is 17.0 Å². The van der Waals surface area contributed by atoms with E-state index in [1.165, 1.54) is 6.20 Å². The third-order valence-corrected chi connectivity index (χ3v) is 1.37. The normalized spacial score (nSPS) is 20.8. The Morgan fingerprint density at radius 2 is 2.18 bits per heavy atom. The minimum atomic E-state index is -0.440. The molecule has 0 aromatic heterocycles. The Morgan fingerprint density at radius 1 is 1.36 bits per heavy atom. The Balaban J connectivity index is 2.54. The summed E-state index contributed by atoms with van der Waals surface area (Å²) in [4.78, 5) is 18.0. The van der Waals surface area contributed by atoms with Crippen LogP contribution in [0.2, 0.25) is 0 Å². The summed E-state index contributed by atoms with van der Waals surface area (Å²) in [7, 11) is 0. The quantitative estimate of drug-likeness (QED) is 0.495. The number of nitrogens with zero attached hydrogens (tertiary/aromatic N) is 4. The molecule has 0 saturated carbocycles. The molecule has 0 spiro atoms. The zero-order valence-corrected chi connectivity index (χ0v) is 5.91. The molecule has 0 aromatic carbocycles. The summed E-state index contributed by atoms with van der Waals surface area (Å²) in [6, 6.07) is 0. The van der Waals surface area contributed by atoms with Crippen LogP contribution in [0.5, 0.6) is 0 Å². The number of carbonyl (C=O) groups is 1. The van der Waals surface area contributed by atoms with Gasteiger partial charge in [-0.1, -0.05) is 0 Å². The lowest BCUT2D eigenvalue weighted by Crippen LogP contribution is -2.13.